The van der Waals surface area contributed by atoms with Crippen molar-refractivity contribution in [1.82, 2.24) is 10.3 Å². The van der Waals surface area contributed by atoms with Gasteiger partial charge in [0, 0.05) is 24.4 Å². The molecule has 2 nitrogen and oxygen atoms in total. The third-order valence-electron chi connectivity index (χ3n) is 3.56. The molecule has 2 rings (SSSR count). The van der Waals surface area contributed by atoms with Crippen molar-refractivity contribution in [3.8, 4) is 0 Å². The van der Waals surface area contributed by atoms with E-state index >= 15 is 0 Å². The van der Waals surface area contributed by atoms with Crippen LogP contribution in [0.3, 0.4) is 0 Å². The highest BCUT2D eigenvalue weighted by Crippen LogP contribution is 2.16. The molecule has 0 aliphatic rings. The van der Waals surface area contributed by atoms with Crippen LogP contribution >= 0.6 is 0 Å². The molecule has 1 heterocycles. The summed E-state index contributed by atoms with van der Waals surface area (Å²) >= 11 is 0. The van der Waals surface area contributed by atoms with E-state index < -0.39 is 0 Å². The molecule has 1 N–H and O–H groups in total. The van der Waals surface area contributed by atoms with Crippen LogP contribution < -0.4 is 5.32 Å². The number of nitrogens with one attached hydrogen (secondary N) is 1. The van der Waals surface area contributed by atoms with Crippen molar-refractivity contribution in [2.24, 2.45) is 0 Å². The number of hydrogen-bond donors (Lipinski definition) is 1. The summed E-state index contributed by atoms with van der Waals surface area (Å²) in [6.07, 6.45) is 3.92. The summed E-state index contributed by atoms with van der Waals surface area (Å²) < 4.78 is 0. The van der Waals surface area contributed by atoms with E-state index in [9.17, 15) is 0 Å². The highest BCUT2D eigenvalue weighted by molar-refractivity contribution is 5.29. The highest BCUT2D eigenvalue weighted by atomic mass is 14.8. The van der Waals surface area contributed by atoms with Crippen LogP contribution in [0.5, 0.6) is 0 Å². The van der Waals surface area contributed by atoms with Gasteiger partial charge < -0.3 is 5.32 Å². The maximum Gasteiger partial charge on any atom is 0.0447 e. The molecule has 0 radical (unpaired) electrons. The molecular weight excluding hydrogens is 232 g/mol. The van der Waals surface area contributed by atoms with E-state index in [0.717, 1.165) is 18.5 Å². The van der Waals surface area contributed by atoms with Crippen LogP contribution in [0.25, 0.3) is 0 Å². The third-order valence-corrected chi connectivity index (χ3v) is 3.56. The minimum absolute atomic E-state index is 0.385. The molecule has 0 spiro atoms. The third kappa shape index (κ3) is 3.65. The summed E-state index contributed by atoms with van der Waals surface area (Å²) in [6.45, 7) is 4.33. The van der Waals surface area contributed by atoms with Gasteiger partial charge >= 0.3 is 0 Å². The van der Waals surface area contributed by atoms with Crippen LogP contribution in [0.1, 0.15) is 42.3 Å². The molecule has 19 heavy (non-hydrogen) atoms. The number of aromatic nitrogens is 1. The van der Waals surface area contributed by atoms with Crippen LogP contribution in [-0.4, -0.2) is 12.0 Å². The summed E-state index contributed by atoms with van der Waals surface area (Å²) in [5.41, 5.74) is 5.06. The van der Waals surface area contributed by atoms with Gasteiger partial charge in [0.25, 0.3) is 0 Å². The van der Waals surface area contributed by atoms with Crippen LogP contribution in [0, 0.1) is 0 Å². The lowest BCUT2D eigenvalue weighted by molar-refractivity contribution is 0.651. The largest absolute Gasteiger partial charge is 0.313 e. The number of rotatable bonds is 5. The predicted octanol–water partition coefficient (Wildman–Crippen LogP) is 3.52. The van der Waals surface area contributed by atoms with Gasteiger partial charge in [-0.1, -0.05) is 37.3 Å². The van der Waals surface area contributed by atoms with Gasteiger partial charge in [-0.3, -0.25) is 4.98 Å². The standard InChI is InChI=1S/C17H22N2/c1-4-14-8-9-17(19-12-14)11-15-6-5-7-16(10-15)13(2)18-3/h5-10,12-13,18H,4,11H2,1-3H3. The first-order valence-corrected chi connectivity index (χ1v) is 6.92. The zero-order chi connectivity index (χ0) is 13.7. The number of hydrogen-bond acceptors (Lipinski definition) is 2. The quantitative estimate of drug-likeness (QED) is 0.883. The topological polar surface area (TPSA) is 24.9 Å². The minimum atomic E-state index is 0.385. The van der Waals surface area contributed by atoms with Crippen molar-refractivity contribution < 1.29 is 0 Å². The summed E-state index contributed by atoms with van der Waals surface area (Å²) in [6, 6.07) is 13.4. The molecular formula is C17H22N2. The zero-order valence-corrected chi connectivity index (χ0v) is 12.0. The Morgan fingerprint density at radius 2 is 2.00 bits per heavy atom. The van der Waals surface area contributed by atoms with E-state index in [4.69, 9.17) is 0 Å². The van der Waals surface area contributed by atoms with Crippen LogP contribution in [-0.2, 0) is 12.8 Å². The molecule has 0 fully saturated rings. The normalized spacial score (nSPS) is 12.4. The average Bonchev–Trinajstić information content (AvgIpc) is 2.47. The van der Waals surface area contributed by atoms with E-state index in [1.807, 2.05) is 13.2 Å². The van der Waals surface area contributed by atoms with Crippen molar-refractivity contribution in [3.05, 3.63) is 65.0 Å². The molecule has 1 aromatic heterocycles. The summed E-state index contributed by atoms with van der Waals surface area (Å²) in [5, 5.41) is 3.27. The SMILES string of the molecule is CCc1ccc(Cc2cccc(C(C)NC)c2)nc1. The first-order valence-electron chi connectivity index (χ1n) is 6.92. The monoisotopic (exact) mass is 254 g/mol. The summed E-state index contributed by atoms with van der Waals surface area (Å²) in [4.78, 5) is 4.52. The fourth-order valence-electron chi connectivity index (χ4n) is 2.12. The van der Waals surface area contributed by atoms with Crippen LogP contribution in [0.2, 0.25) is 0 Å². The van der Waals surface area contributed by atoms with Gasteiger partial charge in [0.05, 0.1) is 0 Å². The second kappa shape index (κ2) is 6.48. The number of pyridine rings is 1. The molecule has 0 aliphatic carbocycles. The summed E-state index contributed by atoms with van der Waals surface area (Å²) in [5.74, 6) is 0. The highest BCUT2D eigenvalue weighted by Gasteiger charge is 2.04. The van der Waals surface area contributed by atoms with Gasteiger partial charge in [-0.2, -0.15) is 0 Å². The van der Waals surface area contributed by atoms with Gasteiger partial charge in [0.1, 0.15) is 0 Å². The Morgan fingerprint density at radius 1 is 1.16 bits per heavy atom. The van der Waals surface area contributed by atoms with Gasteiger partial charge in [0.15, 0.2) is 0 Å². The molecule has 2 aromatic rings. The Hall–Kier alpha value is -1.67. The molecule has 0 bridgehead atoms. The fraction of sp³-hybridized carbons (Fsp3) is 0.353. The van der Waals surface area contributed by atoms with E-state index in [-0.39, 0.29) is 0 Å². The van der Waals surface area contributed by atoms with E-state index in [2.05, 4.69) is 60.5 Å². The van der Waals surface area contributed by atoms with Gasteiger partial charge in [-0.25, -0.2) is 0 Å². The Morgan fingerprint density at radius 3 is 2.63 bits per heavy atom. The van der Waals surface area contributed by atoms with E-state index in [1.165, 1.54) is 16.7 Å². The Labute approximate surface area is 115 Å². The molecule has 1 aromatic carbocycles. The smallest absolute Gasteiger partial charge is 0.0447 e. The van der Waals surface area contributed by atoms with Crippen LogP contribution in [0.4, 0.5) is 0 Å². The second-order valence-corrected chi connectivity index (χ2v) is 4.94. The number of benzene rings is 1. The summed E-state index contributed by atoms with van der Waals surface area (Å²) in [7, 11) is 1.99. The average molecular weight is 254 g/mol. The molecule has 2 heteroatoms. The first kappa shape index (κ1) is 13.8. The first-order chi connectivity index (χ1) is 9.22. The van der Waals surface area contributed by atoms with E-state index in [1.54, 1.807) is 0 Å². The molecule has 100 valence electrons. The Kier molecular flexibility index (Phi) is 4.69. The van der Waals surface area contributed by atoms with Gasteiger partial charge in [0.2, 0.25) is 0 Å². The number of aryl methyl sites for hydroxylation is 1. The molecule has 0 aliphatic heterocycles. The van der Waals surface area contributed by atoms with Crippen molar-refractivity contribution in [3.63, 3.8) is 0 Å². The van der Waals surface area contributed by atoms with Crippen molar-refractivity contribution in [2.75, 3.05) is 7.05 Å². The molecule has 0 amide bonds. The molecule has 0 saturated heterocycles. The maximum atomic E-state index is 4.52. The van der Waals surface area contributed by atoms with Gasteiger partial charge in [-0.05, 0) is 43.1 Å². The van der Waals surface area contributed by atoms with Crippen LogP contribution in [0.15, 0.2) is 42.6 Å². The lowest BCUT2D eigenvalue weighted by Crippen LogP contribution is -2.12. The maximum absolute atomic E-state index is 4.52. The molecule has 0 saturated carbocycles. The minimum Gasteiger partial charge on any atom is -0.313 e. The molecule has 1 unspecified atom stereocenters. The lowest BCUT2D eigenvalue weighted by atomic mass is 10.0. The number of nitrogens with zero attached hydrogens (tertiary/aromatic N) is 1. The second-order valence-electron chi connectivity index (χ2n) is 4.94. The van der Waals surface area contributed by atoms with Gasteiger partial charge in [-0.15, -0.1) is 0 Å². The molecule has 1 atom stereocenters. The lowest BCUT2D eigenvalue weighted by Gasteiger charge is -2.12. The zero-order valence-electron chi connectivity index (χ0n) is 12.0. The van der Waals surface area contributed by atoms with E-state index in [0.29, 0.717) is 6.04 Å². The van der Waals surface area contributed by atoms with Crippen molar-refractivity contribution >= 4 is 0 Å². The van der Waals surface area contributed by atoms with Crippen molar-refractivity contribution in [2.45, 2.75) is 32.7 Å². The van der Waals surface area contributed by atoms with Crippen molar-refractivity contribution in [1.29, 1.82) is 0 Å². The Balaban J connectivity index is 2.13. The fourth-order valence-corrected chi connectivity index (χ4v) is 2.12. The Bertz CT molecular complexity index is 517. The predicted molar refractivity (Wildman–Crippen MR) is 80.3 cm³/mol.